The normalized spacial score (nSPS) is 19.2. The second-order valence-corrected chi connectivity index (χ2v) is 11.3. The van der Waals surface area contributed by atoms with Crippen molar-refractivity contribution in [2.24, 2.45) is 5.92 Å². The molecule has 0 radical (unpaired) electrons. The summed E-state index contributed by atoms with van der Waals surface area (Å²) < 4.78 is 12.7. The van der Waals surface area contributed by atoms with Gasteiger partial charge in [-0.25, -0.2) is 24.3 Å². The fourth-order valence-electron chi connectivity index (χ4n) is 3.90. The Morgan fingerprint density at radius 3 is 2.09 bits per heavy atom. The van der Waals surface area contributed by atoms with E-state index in [2.05, 4.69) is 11.9 Å². The maximum atomic E-state index is 12.6. The van der Waals surface area contributed by atoms with Crippen LogP contribution in [-0.2, 0) is 14.3 Å². The first-order valence-corrected chi connectivity index (χ1v) is 12.4. The van der Waals surface area contributed by atoms with Crippen LogP contribution in [0.1, 0.15) is 98.7 Å². The lowest BCUT2D eigenvalue weighted by molar-refractivity contribution is -0.130. The van der Waals surface area contributed by atoms with Crippen LogP contribution >= 0.6 is 0 Å². The first-order valence-electron chi connectivity index (χ1n) is 12.4. The zero-order valence-corrected chi connectivity index (χ0v) is 22.2. The number of rotatable bonds is 7. The minimum absolute atomic E-state index is 0.0297. The molecule has 2 amide bonds. The number of imide groups is 1. The minimum atomic E-state index is -1.07. The summed E-state index contributed by atoms with van der Waals surface area (Å²) in [7, 11) is 0. The van der Waals surface area contributed by atoms with Crippen LogP contribution < -0.4 is 0 Å². The number of amides is 2. The molecule has 0 spiro atoms. The van der Waals surface area contributed by atoms with Crippen LogP contribution in [0.15, 0.2) is 18.6 Å². The Morgan fingerprint density at radius 2 is 1.60 bits per heavy atom. The topological polar surface area (TPSA) is 111 Å². The number of unbranched alkanes of at least 4 members (excludes halogenated alkanes) is 1. The van der Waals surface area contributed by atoms with Crippen molar-refractivity contribution in [1.29, 1.82) is 0 Å². The van der Waals surface area contributed by atoms with Crippen LogP contribution in [0, 0.1) is 5.92 Å². The molecule has 0 saturated heterocycles. The summed E-state index contributed by atoms with van der Waals surface area (Å²) in [6.07, 6.45) is 8.62. The molecular weight excluding hydrogens is 450 g/mol. The Kier molecular flexibility index (Phi) is 9.52. The van der Waals surface area contributed by atoms with Gasteiger partial charge in [-0.15, -0.1) is 0 Å². The number of carboxylic acid groups (broad SMARTS) is 1. The summed E-state index contributed by atoms with van der Waals surface area (Å²) in [5.41, 5.74) is -1.03. The van der Waals surface area contributed by atoms with Gasteiger partial charge in [0.1, 0.15) is 11.2 Å². The third kappa shape index (κ3) is 9.38. The van der Waals surface area contributed by atoms with Gasteiger partial charge in [-0.1, -0.05) is 13.0 Å². The molecule has 2 rings (SSSR count). The summed E-state index contributed by atoms with van der Waals surface area (Å²) in [4.78, 5) is 42.4. The summed E-state index contributed by atoms with van der Waals surface area (Å²) in [6, 6.07) is 0.346. The van der Waals surface area contributed by atoms with Gasteiger partial charge >= 0.3 is 18.2 Å². The van der Waals surface area contributed by atoms with Crippen molar-refractivity contribution in [2.75, 3.05) is 6.54 Å². The molecule has 1 aromatic heterocycles. The predicted octanol–water partition coefficient (Wildman–Crippen LogP) is 6.05. The number of aliphatic carboxylic acids is 1. The monoisotopic (exact) mass is 491 g/mol. The van der Waals surface area contributed by atoms with E-state index in [-0.39, 0.29) is 12.1 Å². The number of carboxylic acids is 1. The quantitative estimate of drug-likeness (QED) is 0.365. The van der Waals surface area contributed by atoms with Crippen LogP contribution in [0.5, 0.6) is 0 Å². The molecule has 1 heterocycles. The van der Waals surface area contributed by atoms with E-state index in [0.29, 0.717) is 24.6 Å². The highest BCUT2D eigenvalue weighted by Gasteiger charge is 2.30. The van der Waals surface area contributed by atoms with Crippen molar-refractivity contribution < 1.29 is 29.0 Å². The highest BCUT2D eigenvalue weighted by atomic mass is 16.6. The molecule has 9 heteroatoms. The van der Waals surface area contributed by atoms with Crippen LogP contribution in [-0.4, -0.2) is 55.5 Å². The highest BCUT2D eigenvalue weighted by Crippen LogP contribution is 2.32. The summed E-state index contributed by atoms with van der Waals surface area (Å²) in [5, 5.41) is 9.74. The molecule has 1 aliphatic carbocycles. The van der Waals surface area contributed by atoms with Crippen LogP contribution in [0.3, 0.4) is 0 Å². The van der Waals surface area contributed by atoms with Gasteiger partial charge < -0.3 is 19.1 Å². The first kappa shape index (κ1) is 28.4. The van der Waals surface area contributed by atoms with E-state index in [0.717, 1.165) is 36.5 Å². The number of carbonyl (C=O) groups excluding carboxylic acids is 2. The molecule has 0 aliphatic heterocycles. The van der Waals surface area contributed by atoms with Crippen molar-refractivity contribution in [1.82, 2.24) is 14.5 Å². The van der Waals surface area contributed by atoms with Crippen molar-refractivity contribution in [2.45, 2.75) is 104 Å². The second-order valence-electron chi connectivity index (χ2n) is 11.3. The molecule has 0 unspecified atom stereocenters. The number of hydrogen-bond acceptors (Lipinski definition) is 6. The van der Waals surface area contributed by atoms with E-state index in [1.807, 2.05) is 4.57 Å². The number of aromatic nitrogens is 2. The second kappa shape index (κ2) is 11.7. The van der Waals surface area contributed by atoms with Gasteiger partial charge in [0.2, 0.25) is 0 Å². The molecule has 0 atom stereocenters. The van der Waals surface area contributed by atoms with Gasteiger partial charge in [-0.2, -0.15) is 0 Å². The molecule has 0 aromatic carbocycles. The number of carbonyl (C=O) groups is 3. The van der Waals surface area contributed by atoms with Gasteiger partial charge in [0.05, 0.1) is 17.6 Å². The van der Waals surface area contributed by atoms with Crippen LogP contribution in [0.25, 0.3) is 5.57 Å². The summed E-state index contributed by atoms with van der Waals surface area (Å²) >= 11 is 0. The maximum Gasteiger partial charge on any atom is 0.419 e. The summed E-state index contributed by atoms with van der Waals surface area (Å²) in [6.45, 7) is 12.6. The average Bonchev–Trinajstić information content (AvgIpc) is 3.17. The van der Waals surface area contributed by atoms with Crippen molar-refractivity contribution in [3.63, 3.8) is 0 Å². The third-order valence-corrected chi connectivity index (χ3v) is 5.68. The molecule has 1 aliphatic rings. The largest absolute Gasteiger partial charge is 0.478 e. The zero-order valence-electron chi connectivity index (χ0n) is 22.2. The van der Waals surface area contributed by atoms with Gasteiger partial charge in [0.15, 0.2) is 0 Å². The van der Waals surface area contributed by atoms with E-state index in [1.165, 1.54) is 0 Å². The van der Waals surface area contributed by atoms with E-state index in [1.54, 1.807) is 60.1 Å². The predicted molar refractivity (Wildman–Crippen MR) is 133 cm³/mol. The number of allylic oxidation sites excluding steroid dienone is 1. The molecule has 1 saturated carbocycles. The smallest absolute Gasteiger partial charge is 0.419 e. The Hall–Kier alpha value is -2.84. The van der Waals surface area contributed by atoms with Crippen molar-refractivity contribution in [3.8, 4) is 0 Å². The van der Waals surface area contributed by atoms with E-state index in [9.17, 15) is 19.5 Å². The molecule has 1 aromatic rings. The standard InChI is InChI=1S/C26H41N3O6/c1-18-11-13-19(14-12-18)28-16-21(27-17-28)20(22(30)31)10-8-9-15-29(23(32)34-25(2,3)4)24(33)35-26(5,6)7/h10,16-19H,8-9,11-15H2,1-7H3,(H,30,31)/b20-10-. The van der Waals surface area contributed by atoms with Crippen molar-refractivity contribution >= 4 is 23.7 Å². The Labute approximate surface area is 208 Å². The van der Waals surface area contributed by atoms with Crippen molar-refractivity contribution in [3.05, 3.63) is 24.3 Å². The van der Waals surface area contributed by atoms with Gasteiger partial charge in [-0.3, -0.25) is 0 Å². The molecule has 9 nitrogen and oxygen atoms in total. The molecule has 1 N–H and O–H groups in total. The molecule has 35 heavy (non-hydrogen) atoms. The molecular formula is C26H41N3O6. The minimum Gasteiger partial charge on any atom is -0.478 e. The van der Waals surface area contributed by atoms with E-state index >= 15 is 0 Å². The summed E-state index contributed by atoms with van der Waals surface area (Å²) in [5.74, 6) is -0.340. The van der Waals surface area contributed by atoms with Crippen LogP contribution in [0.2, 0.25) is 0 Å². The van der Waals surface area contributed by atoms with Gasteiger partial charge in [0.25, 0.3) is 0 Å². The van der Waals surface area contributed by atoms with E-state index < -0.39 is 29.4 Å². The Morgan fingerprint density at radius 1 is 1.06 bits per heavy atom. The van der Waals surface area contributed by atoms with Gasteiger partial charge in [0, 0.05) is 18.8 Å². The number of imidazole rings is 1. The highest BCUT2D eigenvalue weighted by molar-refractivity contribution is 6.14. The molecule has 0 bridgehead atoms. The number of hydrogen-bond donors (Lipinski definition) is 1. The lowest BCUT2D eigenvalue weighted by atomic mass is 9.87. The zero-order chi connectivity index (χ0) is 26.4. The van der Waals surface area contributed by atoms with Crippen LogP contribution in [0.4, 0.5) is 9.59 Å². The SMILES string of the molecule is CC1CCC(n2cnc(/C(=C/CCCN(C(=O)OC(C)(C)C)C(=O)OC(C)(C)C)C(=O)O)c2)CC1. The Balaban J connectivity index is 2.07. The lowest BCUT2D eigenvalue weighted by Crippen LogP contribution is -2.44. The van der Waals surface area contributed by atoms with E-state index in [4.69, 9.17) is 9.47 Å². The fourth-order valence-corrected chi connectivity index (χ4v) is 3.90. The average molecular weight is 492 g/mol. The maximum absolute atomic E-state index is 12.6. The Bertz CT molecular complexity index is 886. The number of nitrogens with zero attached hydrogens (tertiary/aromatic N) is 3. The number of ether oxygens (including phenoxy) is 2. The van der Waals surface area contributed by atoms with Gasteiger partial charge in [-0.05, 0) is 86.0 Å². The molecule has 1 fully saturated rings. The lowest BCUT2D eigenvalue weighted by Gasteiger charge is -2.28. The molecule has 196 valence electrons. The third-order valence-electron chi connectivity index (χ3n) is 5.68. The fraction of sp³-hybridized carbons (Fsp3) is 0.692. The first-order chi connectivity index (χ1) is 16.2.